The second-order valence-corrected chi connectivity index (χ2v) is 10.7. The molecule has 1 fully saturated rings. The van der Waals surface area contributed by atoms with Crippen LogP contribution < -0.4 is 5.32 Å². The number of esters is 1. The van der Waals surface area contributed by atoms with Crippen molar-refractivity contribution in [1.29, 1.82) is 0 Å². The smallest absolute Gasteiger partial charge is 0.347 e. The summed E-state index contributed by atoms with van der Waals surface area (Å²) >= 11 is 0. The Hall–Kier alpha value is -1.72. The molecule has 0 amide bonds. The van der Waals surface area contributed by atoms with Crippen LogP contribution in [0.1, 0.15) is 52.6 Å². The number of benzene rings is 2. The lowest BCUT2D eigenvalue weighted by atomic mass is 9.90. The Morgan fingerprint density at radius 1 is 1.07 bits per heavy atom. The molecule has 2 aromatic rings. The van der Waals surface area contributed by atoms with E-state index in [1.807, 2.05) is 63.2 Å². The second-order valence-electron chi connectivity index (χ2n) is 8.48. The normalized spacial score (nSPS) is 22.4. The minimum atomic E-state index is -3.43. The third-order valence-corrected chi connectivity index (χ3v) is 7.48. The average Bonchev–Trinajstić information content (AvgIpc) is 3.13. The van der Waals surface area contributed by atoms with Crippen LogP contribution in [0.5, 0.6) is 0 Å². The first-order chi connectivity index (χ1) is 14.2. The Morgan fingerprint density at radius 3 is 2.33 bits per heavy atom. The fourth-order valence-electron chi connectivity index (χ4n) is 4.00. The Bertz CT molecular complexity index is 923. The van der Waals surface area contributed by atoms with E-state index in [2.05, 4.69) is 5.32 Å². The number of hydrogen-bond acceptors (Lipinski definition) is 6. The topological polar surface area (TPSA) is 73.9 Å². The summed E-state index contributed by atoms with van der Waals surface area (Å²) < 4.78 is 30.3. The minimum absolute atomic E-state index is 0.269. The average molecular weight is 433 g/mol. The van der Waals surface area contributed by atoms with E-state index in [9.17, 15) is 9.36 Å². The van der Waals surface area contributed by atoms with Crippen molar-refractivity contribution in [2.45, 2.75) is 58.5 Å². The van der Waals surface area contributed by atoms with Gasteiger partial charge in [0.05, 0.1) is 19.1 Å². The SMILES string of the molecule is CCOP(=O)(OCC)[C@H]1C[C@H](C(=O)OC(C)(C)C)[C@@H](c2cccc3ccccc23)N1. The van der Waals surface area contributed by atoms with Gasteiger partial charge in [0.25, 0.3) is 0 Å². The predicted octanol–water partition coefficient (Wildman–Crippen LogP) is 5.42. The highest BCUT2D eigenvalue weighted by Crippen LogP contribution is 2.58. The summed E-state index contributed by atoms with van der Waals surface area (Å²) in [5, 5.41) is 5.55. The lowest BCUT2D eigenvalue weighted by Crippen LogP contribution is -2.32. The predicted molar refractivity (Wildman–Crippen MR) is 118 cm³/mol. The monoisotopic (exact) mass is 433 g/mol. The van der Waals surface area contributed by atoms with Gasteiger partial charge in [0.1, 0.15) is 11.4 Å². The van der Waals surface area contributed by atoms with Gasteiger partial charge in [-0.3, -0.25) is 14.7 Å². The van der Waals surface area contributed by atoms with Crippen LogP contribution in [0.15, 0.2) is 42.5 Å². The summed E-state index contributed by atoms with van der Waals surface area (Å²) in [4.78, 5) is 13.1. The molecule has 1 aliphatic heterocycles. The van der Waals surface area contributed by atoms with Crippen molar-refractivity contribution in [2.75, 3.05) is 13.2 Å². The van der Waals surface area contributed by atoms with Gasteiger partial charge in [-0.25, -0.2) is 0 Å². The molecule has 1 N–H and O–H groups in total. The van der Waals surface area contributed by atoms with E-state index in [1.54, 1.807) is 13.8 Å². The molecule has 1 aliphatic rings. The molecule has 3 atom stereocenters. The van der Waals surface area contributed by atoms with Gasteiger partial charge >= 0.3 is 13.6 Å². The summed E-state index contributed by atoms with van der Waals surface area (Å²) in [7, 11) is -3.43. The molecule has 0 spiro atoms. The van der Waals surface area contributed by atoms with Crippen molar-refractivity contribution >= 4 is 24.3 Å². The summed E-state index contributed by atoms with van der Waals surface area (Å²) in [6.45, 7) is 9.66. The van der Waals surface area contributed by atoms with Crippen molar-refractivity contribution in [2.24, 2.45) is 5.92 Å². The molecule has 0 aromatic heterocycles. The number of fused-ring (bicyclic) bond motifs is 1. The molecule has 1 heterocycles. The first-order valence-corrected chi connectivity index (χ1v) is 12.1. The molecule has 0 unspecified atom stereocenters. The van der Waals surface area contributed by atoms with Crippen molar-refractivity contribution < 1.29 is 23.1 Å². The van der Waals surface area contributed by atoms with E-state index in [0.29, 0.717) is 6.42 Å². The van der Waals surface area contributed by atoms with Crippen LogP contribution >= 0.6 is 7.60 Å². The fraction of sp³-hybridized carbons (Fsp3) is 0.522. The fourth-order valence-corrected chi connectivity index (χ4v) is 5.99. The highest BCUT2D eigenvalue weighted by molar-refractivity contribution is 7.54. The van der Waals surface area contributed by atoms with Crippen molar-refractivity contribution in [3.63, 3.8) is 0 Å². The first-order valence-electron chi connectivity index (χ1n) is 10.5. The maximum atomic E-state index is 13.5. The van der Waals surface area contributed by atoms with Crippen LogP contribution in [-0.2, 0) is 23.1 Å². The molecule has 0 bridgehead atoms. The van der Waals surface area contributed by atoms with Crippen molar-refractivity contribution in [3.05, 3.63) is 48.0 Å². The highest BCUT2D eigenvalue weighted by Gasteiger charge is 2.49. The van der Waals surface area contributed by atoms with E-state index in [4.69, 9.17) is 13.8 Å². The Kier molecular flexibility index (Phi) is 7.03. The van der Waals surface area contributed by atoms with E-state index in [-0.39, 0.29) is 25.2 Å². The van der Waals surface area contributed by atoms with Gasteiger partial charge in [0.15, 0.2) is 0 Å². The summed E-state index contributed by atoms with van der Waals surface area (Å²) in [6, 6.07) is 13.7. The molecular weight excluding hydrogens is 401 g/mol. The zero-order chi connectivity index (χ0) is 21.9. The van der Waals surface area contributed by atoms with Gasteiger partial charge in [0, 0.05) is 6.04 Å². The first kappa shape index (κ1) is 23.0. The van der Waals surface area contributed by atoms with E-state index in [0.717, 1.165) is 16.3 Å². The molecule has 0 aliphatic carbocycles. The summed E-state index contributed by atoms with van der Waals surface area (Å²) in [5.74, 6) is -1.40. The van der Waals surface area contributed by atoms with Crippen LogP contribution in [0.3, 0.4) is 0 Å². The lowest BCUT2D eigenvalue weighted by molar-refractivity contribution is -0.160. The van der Waals surface area contributed by atoms with E-state index >= 15 is 0 Å². The molecule has 3 rings (SSSR count). The molecule has 6 nitrogen and oxygen atoms in total. The number of nitrogens with one attached hydrogen (secondary N) is 1. The molecule has 1 saturated heterocycles. The third kappa shape index (κ3) is 4.94. The molecule has 7 heteroatoms. The number of rotatable bonds is 7. The minimum Gasteiger partial charge on any atom is -0.460 e. The van der Waals surface area contributed by atoms with Gasteiger partial charge in [-0.1, -0.05) is 42.5 Å². The van der Waals surface area contributed by atoms with Crippen LogP contribution in [-0.4, -0.2) is 30.6 Å². The quantitative estimate of drug-likeness (QED) is 0.464. The van der Waals surface area contributed by atoms with Crippen molar-refractivity contribution in [3.8, 4) is 0 Å². The van der Waals surface area contributed by atoms with Gasteiger partial charge in [0.2, 0.25) is 0 Å². The van der Waals surface area contributed by atoms with E-state index in [1.165, 1.54) is 0 Å². The molecule has 164 valence electrons. The number of hydrogen-bond donors (Lipinski definition) is 1. The van der Waals surface area contributed by atoms with Gasteiger partial charge in [-0.05, 0) is 57.4 Å². The molecule has 30 heavy (non-hydrogen) atoms. The maximum Gasteiger partial charge on any atom is 0.347 e. The zero-order valence-corrected chi connectivity index (χ0v) is 19.3. The van der Waals surface area contributed by atoms with Crippen LogP contribution in [0.25, 0.3) is 10.8 Å². The van der Waals surface area contributed by atoms with Crippen LogP contribution in [0.2, 0.25) is 0 Å². The van der Waals surface area contributed by atoms with Crippen LogP contribution in [0.4, 0.5) is 0 Å². The second kappa shape index (κ2) is 9.19. The Labute approximate surface area is 178 Å². The van der Waals surface area contributed by atoms with Crippen LogP contribution in [0, 0.1) is 5.92 Å². The molecular formula is C23H32NO5P. The standard InChI is InChI=1S/C23H32NO5P/c1-6-27-30(26,28-7-2)20-15-19(22(25)29-23(3,4)5)21(24-20)18-14-10-12-16-11-8-9-13-17(16)18/h8-14,19-21,24H,6-7,15H2,1-5H3/t19-,20-,21+/m0/s1. The third-order valence-electron chi connectivity index (χ3n) is 5.12. The number of carbonyl (C=O) groups excluding carboxylic acids is 1. The summed E-state index contributed by atoms with van der Waals surface area (Å²) in [6.07, 6.45) is 0.320. The Morgan fingerprint density at radius 2 is 1.70 bits per heavy atom. The van der Waals surface area contributed by atoms with Gasteiger partial charge < -0.3 is 13.8 Å². The zero-order valence-electron chi connectivity index (χ0n) is 18.4. The van der Waals surface area contributed by atoms with Gasteiger partial charge in [-0.15, -0.1) is 0 Å². The van der Waals surface area contributed by atoms with Crippen molar-refractivity contribution in [1.82, 2.24) is 5.32 Å². The maximum absolute atomic E-state index is 13.5. The highest BCUT2D eigenvalue weighted by atomic mass is 31.2. The number of carbonyl (C=O) groups is 1. The Balaban J connectivity index is 2.03. The molecule has 0 radical (unpaired) electrons. The van der Waals surface area contributed by atoms with Gasteiger partial charge in [-0.2, -0.15) is 0 Å². The largest absolute Gasteiger partial charge is 0.460 e. The lowest BCUT2D eigenvalue weighted by Gasteiger charge is -2.25. The number of ether oxygens (including phenoxy) is 1. The van der Waals surface area contributed by atoms with E-state index < -0.39 is 24.9 Å². The molecule has 2 aromatic carbocycles. The summed E-state index contributed by atoms with van der Waals surface area (Å²) in [5.41, 5.74) is 0.369. The molecule has 0 saturated carbocycles.